The highest BCUT2D eigenvalue weighted by molar-refractivity contribution is 5.97. The number of aromatic hydroxyl groups is 1. The normalized spacial score (nSPS) is 16.4. The average Bonchev–Trinajstić information content (AvgIpc) is 2.90. The highest BCUT2D eigenvalue weighted by Crippen LogP contribution is 2.29. The van der Waals surface area contributed by atoms with Crippen molar-refractivity contribution in [2.24, 2.45) is 0 Å². The Hall–Kier alpha value is -2.49. The van der Waals surface area contributed by atoms with Crippen molar-refractivity contribution in [3.05, 3.63) is 54.1 Å². The van der Waals surface area contributed by atoms with Crippen molar-refractivity contribution < 1.29 is 14.6 Å². The maximum absolute atomic E-state index is 12.4. The summed E-state index contributed by atoms with van der Waals surface area (Å²) in [6.45, 7) is 0. The number of benzene rings is 2. The molecule has 1 amide bonds. The summed E-state index contributed by atoms with van der Waals surface area (Å²) in [5, 5.41) is 9.28. The summed E-state index contributed by atoms with van der Waals surface area (Å²) in [5.74, 6) is 0.871. The fraction of sp³-hybridized carbons (Fsp3) is 0.188. The molecule has 1 atom stereocenters. The highest BCUT2D eigenvalue weighted by Gasteiger charge is 2.31. The number of ether oxygens (including phenoxy) is 1. The Balaban J connectivity index is 1.76. The number of carbonyl (C=O) groups is 1. The number of phenolic OH excluding ortho intramolecular Hbond substituents is 1. The van der Waals surface area contributed by atoms with Crippen LogP contribution in [0.2, 0.25) is 0 Å². The number of para-hydroxylation sites is 1. The first kappa shape index (κ1) is 12.5. The molecule has 2 aromatic rings. The van der Waals surface area contributed by atoms with Gasteiger partial charge < -0.3 is 14.7 Å². The molecular formula is C16H15NO3. The molecule has 1 N–H and O–H groups in total. The van der Waals surface area contributed by atoms with Crippen LogP contribution in [0.3, 0.4) is 0 Å². The van der Waals surface area contributed by atoms with Crippen LogP contribution >= 0.6 is 0 Å². The third kappa shape index (κ3) is 2.20. The Morgan fingerprint density at radius 2 is 1.90 bits per heavy atom. The quantitative estimate of drug-likeness (QED) is 0.910. The topological polar surface area (TPSA) is 49.8 Å². The van der Waals surface area contributed by atoms with Gasteiger partial charge >= 0.3 is 0 Å². The van der Waals surface area contributed by atoms with E-state index < -0.39 is 6.10 Å². The Kier molecular flexibility index (Phi) is 3.06. The number of rotatable bonds is 2. The van der Waals surface area contributed by atoms with Crippen LogP contribution in [0, 0.1) is 0 Å². The summed E-state index contributed by atoms with van der Waals surface area (Å²) >= 11 is 0. The van der Waals surface area contributed by atoms with Gasteiger partial charge in [0.1, 0.15) is 11.5 Å². The number of nitrogens with zero attached hydrogens (tertiary/aromatic N) is 1. The van der Waals surface area contributed by atoms with Crippen molar-refractivity contribution in [3.63, 3.8) is 0 Å². The van der Waals surface area contributed by atoms with Crippen LogP contribution in [0.5, 0.6) is 11.5 Å². The summed E-state index contributed by atoms with van der Waals surface area (Å²) in [7, 11) is 1.71. The molecule has 0 saturated carbocycles. The van der Waals surface area contributed by atoms with Gasteiger partial charge in [0.15, 0.2) is 6.10 Å². The molecule has 0 fully saturated rings. The van der Waals surface area contributed by atoms with E-state index in [0.29, 0.717) is 6.42 Å². The smallest absolute Gasteiger partial charge is 0.268 e. The second-order valence-electron chi connectivity index (χ2n) is 4.83. The van der Waals surface area contributed by atoms with E-state index in [1.54, 1.807) is 36.2 Å². The molecule has 1 heterocycles. The minimum atomic E-state index is -0.480. The van der Waals surface area contributed by atoms with E-state index in [1.807, 2.05) is 24.3 Å². The van der Waals surface area contributed by atoms with Gasteiger partial charge in [-0.2, -0.15) is 0 Å². The first-order valence-corrected chi connectivity index (χ1v) is 6.46. The van der Waals surface area contributed by atoms with Crippen molar-refractivity contribution in [1.29, 1.82) is 0 Å². The highest BCUT2D eigenvalue weighted by atomic mass is 16.5. The molecule has 2 aromatic carbocycles. The third-order valence-corrected chi connectivity index (χ3v) is 3.49. The molecule has 1 unspecified atom stereocenters. The van der Waals surface area contributed by atoms with Crippen molar-refractivity contribution in [1.82, 2.24) is 0 Å². The third-order valence-electron chi connectivity index (χ3n) is 3.49. The fourth-order valence-electron chi connectivity index (χ4n) is 2.34. The minimum Gasteiger partial charge on any atom is -0.508 e. The molecule has 1 aliphatic heterocycles. The van der Waals surface area contributed by atoms with E-state index >= 15 is 0 Å². The summed E-state index contributed by atoms with van der Waals surface area (Å²) in [5.41, 5.74) is 1.79. The molecule has 1 aliphatic rings. The van der Waals surface area contributed by atoms with E-state index in [0.717, 1.165) is 17.0 Å². The molecule has 3 rings (SSSR count). The molecule has 0 radical (unpaired) electrons. The lowest BCUT2D eigenvalue weighted by atomic mass is 10.1. The van der Waals surface area contributed by atoms with Crippen LogP contribution in [-0.4, -0.2) is 24.2 Å². The predicted molar refractivity (Wildman–Crippen MR) is 76.1 cm³/mol. The molecule has 0 spiro atoms. The van der Waals surface area contributed by atoms with Crippen molar-refractivity contribution in [3.8, 4) is 11.5 Å². The molecule has 0 aromatic heterocycles. The summed E-state index contributed by atoms with van der Waals surface area (Å²) < 4.78 is 5.69. The standard InChI is InChI=1S/C16H15NO3/c1-17(12-6-8-13(18)9-7-12)16(19)15-10-11-4-2-3-5-14(11)20-15/h2-9,15,18H,10H2,1H3. The number of hydrogen-bond acceptors (Lipinski definition) is 3. The Morgan fingerprint density at radius 1 is 1.20 bits per heavy atom. The lowest BCUT2D eigenvalue weighted by molar-refractivity contribution is -0.124. The van der Waals surface area contributed by atoms with Crippen LogP contribution in [0.4, 0.5) is 5.69 Å². The summed E-state index contributed by atoms with van der Waals surface area (Å²) in [6.07, 6.45) is 0.114. The van der Waals surface area contributed by atoms with E-state index in [1.165, 1.54) is 0 Å². The van der Waals surface area contributed by atoms with Gasteiger partial charge in [-0.1, -0.05) is 18.2 Å². The van der Waals surface area contributed by atoms with Gasteiger partial charge in [0, 0.05) is 19.2 Å². The van der Waals surface area contributed by atoms with Gasteiger partial charge in [0.25, 0.3) is 5.91 Å². The molecular weight excluding hydrogens is 254 g/mol. The van der Waals surface area contributed by atoms with Gasteiger partial charge in [-0.25, -0.2) is 0 Å². The van der Waals surface area contributed by atoms with Crippen molar-refractivity contribution in [2.45, 2.75) is 12.5 Å². The zero-order valence-electron chi connectivity index (χ0n) is 11.1. The first-order valence-electron chi connectivity index (χ1n) is 6.46. The number of anilines is 1. The van der Waals surface area contributed by atoms with Gasteiger partial charge in [0.05, 0.1) is 0 Å². The van der Waals surface area contributed by atoms with E-state index in [9.17, 15) is 9.90 Å². The Morgan fingerprint density at radius 3 is 2.60 bits per heavy atom. The number of hydrogen-bond donors (Lipinski definition) is 1. The molecule has 0 aliphatic carbocycles. The molecule has 20 heavy (non-hydrogen) atoms. The lowest BCUT2D eigenvalue weighted by Gasteiger charge is -2.21. The van der Waals surface area contributed by atoms with Gasteiger partial charge in [-0.15, -0.1) is 0 Å². The second kappa shape index (κ2) is 4.89. The van der Waals surface area contributed by atoms with Crippen molar-refractivity contribution >= 4 is 11.6 Å². The average molecular weight is 269 g/mol. The van der Waals surface area contributed by atoms with Gasteiger partial charge in [0.2, 0.25) is 0 Å². The molecule has 102 valence electrons. The number of fused-ring (bicyclic) bond motifs is 1. The van der Waals surface area contributed by atoms with Crippen LogP contribution in [0.25, 0.3) is 0 Å². The Bertz CT molecular complexity index is 611. The minimum absolute atomic E-state index is 0.0908. The summed E-state index contributed by atoms with van der Waals surface area (Å²) in [4.78, 5) is 14.0. The van der Waals surface area contributed by atoms with Gasteiger partial charge in [-0.3, -0.25) is 4.79 Å². The predicted octanol–water partition coefficient (Wildman–Crippen LogP) is 2.36. The molecule has 0 bridgehead atoms. The van der Waals surface area contributed by atoms with Gasteiger partial charge in [-0.05, 0) is 35.9 Å². The van der Waals surface area contributed by atoms with E-state index in [4.69, 9.17) is 4.74 Å². The lowest BCUT2D eigenvalue weighted by Crippen LogP contribution is -2.39. The summed E-state index contributed by atoms with van der Waals surface area (Å²) in [6, 6.07) is 14.2. The SMILES string of the molecule is CN(C(=O)C1Cc2ccccc2O1)c1ccc(O)cc1. The maximum Gasteiger partial charge on any atom is 0.268 e. The number of carbonyl (C=O) groups excluding carboxylic acids is 1. The molecule has 4 heteroatoms. The van der Waals surface area contributed by atoms with Crippen LogP contribution in [0.15, 0.2) is 48.5 Å². The number of likely N-dealkylation sites (N-methyl/N-ethyl adjacent to an activating group) is 1. The second-order valence-corrected chi connectivity index (χ2v) is 4.83. The van der Waals surface area contributed by atoms with Crippen LogP contribution < -0.4 is 9.64 Å². The van der Waals surface area contributed by atoms with Crippen LogP contribution in [0.1, 0.15) is 5.56 Å². The Labute approximate surface area is 117 Å². The number of phenols is 1. The monoisotopic (exact) mass is 269 g/mol. The zero-order chi connectivity index (χ0) is 14.1. The fourth-order valence-corrected chi connectivity index (χ4v) is 2.34. The van der Waals surface area contributed by atoms with Crippen molar-refractivity contribution in [2.75, 3.05) is 11.9 Å². The largest absolute Gasteiger partial charge is 0.508 e. The molecule has 4 nitrogen and oxygen atoms in total. The maximum atomic E-state index is 12.4. The van der Waals surface area contributed by atoms with E-state index in [-0.39, 0.29) is 11.7 Å². The molecule has 0 saturated heterocycles. The first-order chi connectivity index (χ1) is 9.65. The zero-order valence-corrected chi connectivity index (χ0v) is 11.1. The van der Waals surface area contributed by atoms with E-state index in [2.05, 4.69) is 0 Å². The number of amides is 1. The van der Waals surface area contributed by atoms with Crippen LogP contribution in [-0.2, 0) is 11.2 Å².